The van der Waals surface area contributed by atoms with Crippen LogP contribution in [0.1, 0.15) is 19.0 Å². The molecule has 0 aliphatic heterocycles. The predicted molar refractivity (Wildman–Crippen MR) is 80.5 cm³/mol. The third-order valence-electron chi connectivity index (χ3n) is 2.49. The summed E-state index contributed by atoms with van der Waals surface area (Å²) >= 11 is 7.01. The Bertz CT molecular complexity index is 383. The lowest BCUT2D eigenvalue weighted by molar-refractivity contribution is 0.372. The minimum atomic E-state index is 0.910. The van der Waals surface area contributed by atoms with Gasteiger partial charge in [-0.25, -0.2) is 0 Å². The fourth-order valence-corrected chi connectivity index (χ4v) is 2.42. The molecule has 0 atom stereocenters. The van der Waals surface area contributed by atoms with Crippen molar-refractivity contribution in [2.75, 3.05) is 26.0 Å². The molecule has 1 rings (SSSR count). The van der Waals surface area contributed by atoms with Crippen LogP contribution in [0.4, 0.5) is 0 Å². The van der Waals surface area contributed by atoms with Crippen molar-refractivity contribution >= 4 is 37.4 Å². The fourth-order valence-electron chi connectivity index (χ4n) is 1.59. The van der Waals surface area contributed by atoms with E-state index in [1.165, 1.54) is 11.3 Å². The summed E-state index contributed by atoms with van der Waals surface area (Å²) in [7, 11) is 4.15. The average Bonchev–Trinajstić information content (AvgIpc) is 2.64. The monoisotopic (exact) mass is 363 g/mol. The molecule has 0 amide bonds. The standard InChI is InChI=1S/C12H19Br2N3/c1-10(5-4-6-13)12-11(14)9-15-17(12)8-7-16(2)3/h5,9H,4,6-8H2,1-3H3. The van der Waals surface area contributed by atoms with E-state index in [0.29, 0.717) is 0 Å². The molecular formula is C12H19Br2N3. The van der Waals surface area contributed by atoms with Crippen LogP contribution in [0.3, 0.4) is 0 Å². The lowest BCUT2D eigenvalue weighted by Crippen LogP contribution is -2.20. The molecular weight excluding hydrogens is 346 g/mol. The first kappa shape index (κ1) is 14.9. The van der Waals surface area contributed by atoms with Crippen LogP contribution >= 0.6 is 31.9 Å². The van der Waals surface area contributed by atoms with Gasteiger partial charge >= 0.3 is 0 Å². The quantitative estimate of drug-likeness (QED) is 0.721. The van der Waals surface area contributed by atoms with E-state index in [-0.39, 0.29) is 0 Å². The molecule has 0 aromatic carbocycles. The van der Waals surface area contributed by atoms with Crippen LogP contribution in [0.2, 0.25) is 0 Å². The van der Waals surface area contributed by atoms with Gasteiger partial charge in [0, 0.05) is 11.9 Å². The molecule has 0 spiro atoms. The van der Waals surface area contributed by atoms with E-state index >= 15 is 0 Å². The molecule has 3 nitrogen and oxygen atoms in total. The lowest BCUT2D eigenvalue weighted by atomic mass is 10.2. The van der Waals surface area contributed by atoms with E-state index in [0.717, 1.165) is 29.3 Å². The number of halogens is 2. The molecule has 1 aromatic heterocycles. The van der Waals surface area contributed by atoms with Gasteiger partial charge in [0.1, 0.15) is 0 Å². The molecule has 0 fully saturated rings. The maximum Gasteiger partial charge on any atom is 0.0778 e. The predicted octanol–water partition coefficient (Wildman–Crippen LogP) is 3.40. The highest BCUT2D eigenvalue weighted by Crippen LogP contribution is 2.24. The van der Waals surface area contributed by atoms with Gasteiger partial charge in [-0.3, -0.25) is 4.68 Å². The molecule has 1 heterocycles. The Morgan fingerprint density at radius 1 is 1.53 bits per heavy atom. The van der Waals surface area contributed by atoms with Gasteiger partial charge in [0.25, 0.3) is 0 Å². The van der Waals surface area contributed by atoms with E-state index in [4.69, 9.17) is 0 Å². The van der Waals surface area contributed by atoms with Crippen LogP contribution in [-0.4, -0.2) is 40.7 Å². The third-order valence-corrected chi connectivity index (χ3v) is 3.53. The van der Waals surface area contributed by atoms with Gasteiger partial charge in [-0.1, -0.05) is 22.0 Å². The second kappa shape index (κ2) is 7.34. The van der Waals surface area contributed by atoms with Crippen LogP contribution < -0.4 is 0 Å². The zero-order chi connectivity index (χ0) is 12.8. The normalized spacial score (nSPS) is 12.5. The minimum absolute atomic E-state index is 0.910. The van der Waals surface area contributed by atoms with Crippen LogP contribution in [0.5, 0.6) is 0 Å². The van der Waals surface area contributed by atoms with Crippen LogP contribution in [0.15, 0.2) is 16.7 Å². The summed E-state index contributed by atoms with van der Waals surface area (Å²) in [4.78, 5) is 2.16. The van der Waals surface area contributed by atoms with Gasteiger partial charge in [0.15, 0.2) is 0 Å². The summed E-state index contributed by atoms with van der Waals surface area (Å²) in [5.41, 5.74) is 2.46. The van der Waals surface area contributed by atoms with E-state index in [2.05, 4.69) is 73.6 Å². The Morgan fingerprint density at radius 3 is 2.82 bits per heavy atom. The Morgan fingerprint density at radius 2 is 2.24 bits per heavy atom. The number of allylic oxidation sites excluding steroid dienone is 2. The molecule has 0 unspecified atom stereocenters. The van der Waals surface area contributed by atoms with E-state index < -0.39 is 0 Å². The Labute approximate surface area is 120 Å². The van der Waals surface area contributed by atoms with Gasteiger partial charge < -0.3 is 4.90 Å². The average molecular weight is 365 g/mol. The molecule has 96 valence electrons. The topological polar surface area (TPSA) is 21.1 Å². The summed E-state index contributed by atoms with van der Waals surface area (Å²) in [6.45, 7) is 4.04. The molecule has 5 heteroatoms. The van der Waals surface area contributed by atoms with Crippen molar-refractivity contribution in [3.63, 3.8) is 0 Å². The number of aromatic nitrogens is 2. The number of rotatable bonds is 6. The van der Waals surface area contributed by atoms with Crippen LogP contribution in [-0.2, 0) is 6.54 Å². The van der Waals surface area contributed by atoms with Crippen LogP contribution in [0.25, 0.3) is 5.57 Å². The Hall–Kier alpha value is -0.130. The number of nitrogens with zero attached hydrogens (tertiary/aromatic N) is 3. The zero-order valence-corrected chi connectivity index (χ0v) is 13.8. The highest BCUT2D eigenvalue weighted by molar-refractivity contribution is 9.10. The maximum atomic E-state index is 4.41. The number of hydrogen-bond donors (Lipinski definition) is 0. The third kappa shape index (κ3) is 4.56. The summed E-state index contributed by atoms with van der Waals surface area (Å²) in [6.07, 6.45) is 5.15. The highest BCUT2D eigenvalue weighted by Gasteiger charge is 2.10. The van der Waals surface area contributed by atoms with Gasteiger partial charge in [0.05, 0.1) is 22.9 Å². The van der Waals surface area contributed by atoms with Gasteiger partial charge in [-0.05, 0) is 48.9 Å². The second-order valence-electron chi connectivity index (χ2n) is 4.23. The molecule has 0 saturated carbocycles. The van der Waals surface area contributed by atoms with E-state index in [1.54, 1.807) is 0 Å². The largest absolute Gasteiger partial charge is 0.308 e. The first-order chi connectivity index (χ1) is 8.06. The Balaban J connectivity index is 2.86. The zero-order valence-electron chi connectivity index (χ0n) is 10.6. The smallest absolute Gasteiger partial charge is 0.0778 e. The van der Waals surface area contributed by atoms with Crippen molar-refractivity contribution in [2.24, 2.45) is 0 Å². The first-order valence-electron chi connectivity index (χ1n) is 5.65. The van der Waals surface area contributed by atoms with Gasteiger partial charge in [-0.2, -0.15) is 5.10 Å². The SMILES string of the molecule is CC(=CCCBr)c1c(Br)cnn1CCN(C)C. The van der Waals surface area contributed by atoms with Crippen molar-refractivity contribution in [3.8, 4) is 0 Å². The molecule has 0 aliphatic rings. The fraction of sp³-hybridized carbons (Fsp3) is 0.583. The van der Waals surface area contributed by atoms with Crippen molar-refractivity contribution in [3.05, 3.63) is 22.4 Å². The lowest BCUT2D eigenvalue weighted by Gasteiger charge is -2.12. The van der Waals surface area contributed by atoms with E-state index in [9.17, 15) is 0 Å². The van der Waals surface area contributed by atoms with Gasteiger partial charge in [0.2, 0.25) is 0 Å². The first-order valence-corrected chi connectivity index (χ1v) is 7.56. The number of likely N-dealkylation sites (N-methyl/N-ethyl adjacent to an activating group) is 1. The van der Waals surface area contributed by atoms with Crippen molar-refractivity contribution < 1.29 is 0 Å². The molecule has 1 aromatic rings. The molecule has 0 N–H and O–H groups in total. The highest BCUT2D eigenvalue weighted by atomic mass is 79.9. The second-order valence-corrected chi connectivity index (χ2v) is 5.88. The molecule has 0 radical (unpaired) electrons. The summed E-state index contributed by atoms with van der Waals surface area (Å²) in [5.74, 6) is 0. The van der Waals surface area contributed by atoms with Crippen molar-refractivity contribution in [2.45, 2.75) is 19.9 Å². The van der Waals surface area contributed by atoms with E-state index in [1.807, 2.05) is 6.20 Å². The van der Waals surface area contributed by atoms with Crippen molar-refractivity contribution in [1.29, 1.82) is 0 Å². The Kier molecular flexibility index (Phi) is 6.44. The molecule has 0 saturated heterocycles. The summed E-state index contributed by atoms with van der Waals surface area (Å²) in [5, 5.41) is 5.40. The van der Waals surface area contributed by atoms with Gasteiger partial charge in [-0.15, -0.1) is 0 Å². The number of hydrogen-bond acceptors (Lipinski definition) is 2. The molecule has 0 aliphatic carbocycles. The summed E-state index contributed by atoms with van der Waals surface area (Å²) < 4.78 is 3.13. The van der Waals surface area contributed by atoms with Crippen molar-refractivity contribution in [1.82, 2.24) is 14.7 Å². The van der Waals surface area contributed by atoms with Crippen LogP contribution in [0, 0.1) is 0 Å². The minimum Gasteiger partial charge on any atom is -0.308 e. The number of alkyl halides is 1. The molecule has 0 bridgehead atoms. The maximum absolute atomic E-state index is 4.41. The summed E-state index contributed by atoms with van der Waals surface area (Å²) in [6, 6.07) is 0. The molecule has 17 heavy (non-hydrogen) atoms.